The van der Waals surface area contributed by atoms with Gasteiger partial charge in [0.2, 0.25) is 0 Å². The lowest BCUT2D eigenvalue weighted by molar-refractivity contribution is -0.137. The summed E-state index contributed by atoms with van der Waals surface area (Å²) in [5.41, 5.74) is 0.903. The van der Waals surface area contributed by atoms with Gasteiger partial charge in [-0.3, -0.25) is 4.90 Å². The van der Waals surface area contributed by atoms with Crippen LogP contribution in [-0.2, 0) is 6.18 Å². The maximum atomic E-state index is 13.2. The second-order valence-electron chi connectivity index (χ2n) is 7.81. The van der Waals surface area contributed by atoms with Crippen molar-refractivity contribution in [3.63, 3.8) is 0 Å². The molecule has 0 unspecified atom stereocenters. The average Bonchev–Trinajstić information content (AvgIpc) is 3.20. The first-order valence-corrected chi connectivity index (χ1v) is 9.96. The number of aromatic nitrogens is 3. The fraction of sp³-hybridized carbons (Fsp3) is 0.429. The Hall–Kier alpha value is -2.65. The van der Waals surface area contributed by atoms with Crippen LogP contribution in [0.4, 0.5) is 19.0 Å². The molecule has 0 amide bonds. The minimum atomic E-state index is -4.39. The highest BCUT2D eigenvalue weighted by Crippen LogP contribution is 2.33. The molecule has 0 saturated carbocycles. The Kier molecular flexibility index (Phi) is 5.66. The third kappa shape index (κ3) is 4.41. The molecule has 30 heavy (non-hydrogen) atoms. The first-order valence-electron chi connectivity index (χ1n) is 9.96. The second-order valence-corrected chi connectivity index (χ2v) is 7.81. The molecule has 4 rings (SSSR count). The van der Waals surface area contributed by atoms with E-state index in [1.807, 2.05) is 6.07 Å². The van der Waals surface area contributed by atoms with Gasteiger partial charge in [0, 0.05) is 57.0 Å². The average molecular weight is 418 g/mol. The van der Waals surface area contributed by atoms with Crippen LogP contribution in [0.15, 0.2) is 42.6 Å². The standard InChI is InChI=1S/C21H25F3N6/c1-27(2)8-9-28-10-12-29(13-11-28)20-15-18(26-19-6-7-25-30(19)20)16-4-3-5-17(14-16)21(22,23)24/h3-7,14-15H,8-13H2,1-2H3. The summed E-state index contributed by atoms with van der Waals surface area (Å²) in [6.07, 6.45) is -2.72. The van der Waals surface area contributed by atoms with E-state index in [4.69, 9.17) is 0 Å². The number of hydrogen-bond acceptors (Lipinski definition) is 5. The molecule has 0 aliphatic carbocycles. The quantitative estimate of drug-likeness (QED) is 0.637. The number of anilines is 1. The van der Waals surface area contributed by atoms with E-state index in [2.05, 4.69) is 38.9 Å². The van der Waals surface area contributed by atoms with Crippen LogP contribution < -0.4 is 4.90 Å². The number of fused-ring (bicyclic) bond motifs is 1. The molecule has 0 spiro atoms. The topological polar surface area (TPSA) is 39.9 Å². The van der Waals surface area contributed by atoms with Gasteiger partial charge in [-0.25, -0.2) is 4.98 Å². The molecule has 9 heteroatoms. The molecule has 0 radical (unpaired) electrons. The van der Waals surface area contributed by atoms with Crippen molar-refractivity contribution in [1.82, 2.24) is 24.4 Å². The summed E-state index contributed by atoms with van der Waals surface area (Å²) in [5, 5.41) is 4.38. The van der Waals surface area contributed by atoms with Gasteiger partial charge in [-0.05, 0) is 26.2 Å². The summed E-state index contributed by atoms with van der Waals surface area (Å²) >= 11 is 0. The lowest BCUT2D eigenvalue weighted by Gasteiger charge is -2.36. The molecule has 1 saturated heterocycles. The van der Waals surface area contributed by atoms with Crippen LogP contribution in [0.3, 0.4) is 0 Å². The molecule has 3 aromatic rings. The van der Waals surface area contributed by atoms with Gasteiger partial charge < -0.3 is 9.80 Å². The van der Waals surface area contributed by atoms with Crippen LogP contribution in [0, 0.1) is 0 Å². The first-order chi connectivity index (χ1) is 14.3. The molecule has 1 fully saturated rings. The van der Waals surface area contributed by atoms with Gasteiger partial charge in [-0.2, -0.15) is 22.8 Å². The first kappa shape index (κ1) is 20.6. The van der Waals surface area contributed by atoms with E-state index in [0.29, 0.717) is 16.9 Å². The van der Waals surface area contributed by atoms with Crippen LogP contribution in [0.25, 0.3) is 16.9 Å². The SMILES string of the molecule is CN(C)CCN1CCN(c2cc(-c3cccc(C(F)(F)F)c3)nc3ccnn23)CC1. The van der Waals surface area contributed by atoms with E-state index >= 15 is 0 Å². The zero-order valence-electron chi connectivity index (χ0n) is 17.1. The number of rotatable bonds is 5. The highest BCUT2D eigenvalue weighted by atomic mass is 19.4. The minimum Gasteiger partial charge on any atom is -0.354 e. The summed E-state index contributed by atoms with van der Waals surface area (Å²) in [4.78, 5) is 11.4. The summed E-state index contributed by atoms with van der Waals surface area (Å²) in [6.45, 7) is 5.54. The Morgan fingerprint density at radius 2 is 1.80 bits per heavy atom. The fourth-order valence-corrected chi connectivity index (χ4v) is 3.67. The molecule has 0 atom stereocenters. The molecule has 160 valence electrons. The molecule has 0 bridgehead atoms. The zero-order valence-corrected chi connectivity index (χ0v) is 17.1. The highest BCUT2D eigenvalue weighted by Gasteiger charge is 2.30. The monoisotopic (exact) mass is 418 g/mol. The Morgan fingerprint density at radius 3 is 2.50 bits per heavy atom. The maximum absolute atomic E-state index is 13.2. The van der Waals surface area contributed by atoms with Gasteiger partial charge in [0.25, 0.3) is 0 Å². The molecular weight excluding hydrogens is 393 g/mol. The number of hydrogen-bond donors (Lipinski definition) is 0. The van der Waals surface area contributed by atoms with Gasteiger partial charge >= 0.3 is 6.18 Å². The third-order valence-electron chi connectivity index (χ3n) is 5.39. The van der Waals surface area contributed by atoms with Crippen molar-refractivity contribution in [2.24, 2.45) is 0 Å². The van der Waals surface area contributed by atoms with Crippen LogP contribution in [0.1, 0.15) is 5.56 Å². The van der Waals surface area contributed by atoms with E-state index in [-0.39, 0.29) is 0 Å². The van der Waals surface area contributed by atoms with Crippen molar-refractivity contribution in [3.8, 4) is 11.3 Å². The minimum absolute atomic E-state index is 0.444. The van der Waals surface area contributed by atoms with Crippen molar-refractivity contribution in [2.75, 3.05) is 58.3 Å². The molecule has 3 heterocycles. The van der Waals surface area contributed by atoms with Crippen LogP contribution in [-0.4, -0.2) is 77.8 Å². The smallest absolute Gasteiger partial charge is 0.354 e. The molecule has 2 aromatic heterocycles. The zero-order chi connectivity index (χ0) is 21.3. The van der Waals surface area contributed by atoms with Crippen LogP contribution >= 0.6 is 0 Å². The number of piperazine rings is 1. The van der Waals surface area contributed by atoms with Gasteiger partial charge in [0.15, 0.2) is 5.65 Å². The second kappa shape index (κ2) is 8.23. The van der Waals surface area contributed by atoms with Crippen molar-refractivity contribution < 1.29 is 13.2 Å². The van der Waals surface area contributed by atoms with E-state index in [0.717, 1.165) is 57.2 Å². The van der Waals surface area contributed by atoms with Gasteiger partial charge in [-0.15, -0.1) is 0 Å². The summed E-state index contributed by atoms with van der Waals surface area (Å²) in [7, 11) is 4.13. The number of benzene rings is 1. The normalized spacial score (nSPS) is 16.0. The molecular formula is C21H25F3N6. The van der Waals surface area contributed by atoms with E-state index in [9.17, 15) is 13.2 Å². The van der Waals surface area contributed by atoms with Gasteiger partial charge in [-0.1, -0.05) is 12.1 Å². The molecule has 6 nitrogen and oxygen atoms in total. The highest BCUT2D eigenvalue weighted by molar-refractivity contribution is 5.67. The van der Waals surface area contributed by atoms with Crippen molar-refractivity contribution in [2.45, 2.75) is 6.18 Å². The molecule has 1 aliphatic rings. The molecule has 0 N–H and O–H groups in total. The van der Waals surface area contributed by atoms with E-state index in [1.54, 1.807) is 22.8 Å². The van der Waals surface area contributed by atoms with Gasteiger partial charge in [0.1, 0.15) is 5.82 Å². The Balaban J connectivity index is 1.62. The van der Waals surface area contributed by atoms with Crippen molar-refractivity contribution in [3.05, 3.63) is 48.2 Å². The third-order valence-corrected chi connectivity index (χ3v) is 5.39. The van der Waals surface area contributed by atoms with Crippen LogP contribution in [0.2, 0.25) is 0 Å². The van der Waals surface area contributed by atoms with Crippen molar-refractivity contribution >= 4 is 11.5 Å². The lowest BCUT2D eigenvalue weighted by atomic mass is 10.1. The summed E-state index contributed by atoms with van der Waals surface area (Å²) in [5.74, 6) is 0.852. The lowest BCUT2D eigenvalue weighted by Crippen LogP contribution is -2.48. The largest absolute Gasteiger partial charge is 0.416 e. The summed E-state index contributed by atoms with van der Waals surface area (Å²) in [6, 6.07) is 8.92. The number of halogens is 3. The van der Waals surface area contributed by atoms with Gasteiger partial charge in [0.05, 0.1) is 17.5 Å². The summed E-state index contributed by atoms with van der Waals surface area (Å²) < 4.78 is 41.2. The fourth-order valence-electron chi connectivity index (χ4n) is 3.67. The van der Waals surface area contributed by atoms with E-state index < -0.39 is 11.7 Å². The predicted molar refractivity (Wildman–Crippen MR) is 111 cm³/mol. The van der Waals surface area contributed by atoms with Crippen LogP contribution in [0.5, 0.6) is 0 Å². The number of alkyl halides is 3. The molecule has 1 aliphatic heterocycles. The maximum Gasteiger partial charge on any atom is 0.416 e. The number of nitrogens with zero attached hydrogens (tertiary/aromatic N) is 6. The Bertz CT molecular complexity index is 1010. The molecule has 1 aromatic carbocycles. The van der Waals surface area contributed by atoms with E-state index in [1.165, 1.54) is 6.07 Å². The number of likely N-dealkylation sites (N-methyl/N-ethyl adjacent to an activating group) is 1. The van der Waals surface area contributed by atoms with Crippen molar-refractivity contribution in [1.29, 1.82) is 0 Å². The Morgan fingerprint density at radius 1 is 1.03 bits per heavy atom. The predicted octanol–water partition coefficient (Wildman–Crippen LogP) is 3.10. The Labute approximate surface area is 173 Å².